The van der Waals surface area contributed by atoms with Gasteiger partial charge in [-0.15, -0.1) is 11.8 Å². The van der Waals surface area contributed by atoms with E-state index in [0.29, 0.717) is 18.6 Å². The number of ether oxygens (including phenoxy) is 5. The first kappa shape index (κ1) is 30.7. The van der Waals surface area contributed by atoms with Crippen molar-refractivity contribution in [2.24, 2.45) is 0 Å². The maximum atomic E-state index is 11.9. The summed E-state index contributed by atoms with van der Waals surface area (Å²) in [6.07, 6.45) is -1.63. The van der Waals surface area contributed by atoms with Crippen molar-refractivity contribution < 1.29 is 47.7 Å². The third-order valence-electron chi connectivity index (χ3n) is 4.55. The molecule has 0 spiro atoms. The number of carbonyl (C=O) groups is 5. The van der Waals surface area contributed by atoms with E-state index in [0.717, 1.165) is 0 Å². The SMILES string of the molecule is CC(=O)NC1C(SCCCCC(=O)OC(C)(C)C)OC(COC(C)=O)C(OC(C)=O)C1OC(C)=O. The number of hydrogen-bond donors (Lipinski definition) is 1. The number of nitrogens with one attached hydrogen (secondary N) is 1. The topological polar surface area (TPSA) is 144 Å². The largest absolute Gasteiger partial charge is 0.463 e. The molecule has 1 saturated heterocycles. The van der Waals surface area contributed by atoms with Crippen LogP contribution in [0.15, 0.2) is 0 Å². The van der Waals surface area contributed by atoms with Crippen molar-refractivity contribution in [2.75, 3.05) is 12.4 Å². The van der Waals surface area contributed by atoms with E-state index in [9.17, 15) is 24.0 Å². The lowest BCUT2D eigenvalue weighted by atomic mass is 9.97. The zero-order valence-corrected chi connectivity index (χ0v) is 22.2. The highest BCUT2D eigenvalue weighted by Crippen LogP contribution is 2.33. The van der Waals surface area contributed by atoms with E-state index in [1.165, 1.54) is 39.5 Å². The predicted molar refractivity (Wildman–Crippen MR) is 126 cm³/mol. The van der Waals surface area contributed by atoms with Crippen molar-refractivity contribution >= 4 is 41.5 Å². The molecule has 1 heterocycles. The Balaban J connectivity index is 2.98. The van der Waals surface area contributed by atoms with Gasteiger partial charge < -0.3 is 29.0 Å². The van der Waals surface area contributed by atoms with Gasteiger partial charge in [-0.05, 0) is 39.4 Å². The first-order chi connectivity index (χ1) is 16.2. The Morgan fingerprint density at radius 3 is 2.00 bits per heavy atom. The molecular weight excluding hydrogens is 482 g/mol. The second kappa shape index (κ2) is 14.3. The minimum atomic E-state index is -1.11. The quantitative estimate of drug-likeness (QED) is 0.243. The van der Waals surface area contributed by atoms with Crippen LogP contribution in [0.2, 0.25) is 0 Å². The van der Waals surface area contributed by atoms with Crippen molar-refractivity contribution in [2.45, 2.75) is 103 Å². The summed E-state index contributed by atoms with van der Waals surface area (Å²) in [6.45, 7) is 10.1. The lowest BCUT2D eigenvalue weighted by molar-refractivity contribution is -0.211. The normalized spacial score (nSPS) is 24.1. The van der Waals surface area contributed by atoms with Crippen LogP contribution in [0, 0.1) is 0 Å². The average molecular weight is 520 g/mol. The van der Waals surface area contributed by atoms with Crippen LogP contribution in [0.3, 0.4) is 0 Å². The Bertz CT molecular complexity index is 766. The van der Waals surface area contributed by atoms with Gasteiger partial charge in [0.2, 0.25) is 5.91 Å². The highest BCUT2D eigenvalue weighted by atomic mass is 32.2. The minimum absolute atomic E-state index is 0.243. The smallest absolute Gasteiger partial charge is 0.306 e. The molecule has 5 unspecified atom stereocenters. The molecule has 1 rings (SSSR count). The average Bonchev–Trinajstić information content (AvgIpc) is 2.67. The highest BCUT2D eigenvalue weighted by Gasteiger charge is 2.50. The van der Waals surface area contributed by atoms with E-state index in [4.69, 9.17) is 23.7 Å². The summed E-state index contributed by atoms with van der Waals surface area (Å²) in [5.41, 5.74) is -1.26. The Labute approximate surface area is 210 Å². The number of unbranched alkanes of at least 4 members (excludes halogenated alkanes) is 1. The van der Waals surface area contributed by atoms with Crippen LogP contribution in [-0.4, -0.2) is 77.5 Å². The Kier molecular flexibility index (Phi) is 12.5. The fraction of sp³-hybridized carbons (Fsp3) is 0.783. The predicted octanol–water partition coefficient (Wildman–Crippen LogP) is 1.89. The third kappa shape index (κ3) is 12.3. The van der Waals surface area contributed by atoms with Gasteiger partial charge in [0.15, 0.2) is 12.2 Å². The van der Waals surface area contributed by atoms with Gasteiger partial charge in [-0.1, -0.05) is 0 Å². The zero-order chi connectivity index (χ0) is 26.8. The second-order valence-corrected chi connectivity index (χ2v) is 10.3. The van der Waals surface area contributed by atoms with E-state index in [-0.39, 0.29) is 19.0 Å². The highest BCUT2D eigenvalue weighted by molar-refractivity contribution is 7.99. The molecule has 0 aromatic carbocycles. The molecule has 35 heavy (non-hydrogen) atoms. The van der Waals surface area contributed by atoms with E-state index in [1.807, 2.05) is 0 Å². The number of thioether (sulfide) groups is 1. The summed E-state index contributed by atoms with van der Waals surface area (Å²) >= 11 is 1.34. The molecule has 1 aliphatic heterocycles. The molecule has 0 bridgehead atoms. The van der Waals surface area contributed by atoms with Gasteiger partial charge in [-0.25, -0.2) is 0 Å². The molecule has 0 aliphatic carbocycles. The molecule has 11 nitrogen and oxygen atoms in total. The molecule has 1 aliphatic rings. The maximum absolute atomic E-state index is 11.9. The summed E-state index contributed by atoms with van der Waals surface area (Å²) in [5.74, 6) is -1.99. The monoisotopic (exact) mass is 519 g/mol. The van der Waals surface area contributed by atoms with Crippen molar-refractivity contribution in [1.29, 1.82) is 0 Å². The third-order valence-corrected chi connectivity index (χ3v) is 5.81. The number of amides is 1. The summed E-state index contributed by atoms with van der Waals surface area (Å²) in [7, 11) is 0. The van der Waals surface area contributed by atoms with Crippen LogP contribution < -0.4 is 5.32 Å². The standard InChI is InChI=1S/C23H37NO10S/c1-13(25)24-19-21(32-16(4)28)20(31-15(3)27)17(12-30-14(2)26)33-22(19)35-11-9-8-10-18(29)34-23(5,6)7/h17,19-22H,8-12H2,1-7H3,(H,24,25). The Morgan fingerprint density at radius 2 is 1.49 bits per heavy atom. The molecule has 200 valence electrons. The van der Waals surface area contributed by atoms with Crippen LogP contribution in [-0.2, 0) is 47.7 Å². The summed E-state index contributed by atoms with van der Waals surface area (Å²) in [4.78, 5) is 58.9. The molecule has 1 N–H and O–H groups in total. The van der Waals surface area contributed by atoms with Gasteiger partial charge >= 0.3 is 23.9 Å². The van der Waals surface area contributed by atoms with E-state index >= 15 is 0 Å². The number of carbonyl (C=O) groups excluding carboxylic acids is 5. The first-order valence-corrected chi connectivity index (χ1v) is 12.5. The number of hydrogen-bond acceptors (Lipinski definition) is 11. The van der Waals surface area contributed by atoms with Crippen LogP contribution in [0.5, 0.6) is 0 Å². The van der Waals surface area contributed by atoms with Gasteiger partial charge in [0.1, 0.15) is 29.8 Å². The van der Waals surface area contributed by atoms with Gasteiger partial charge in [-0.3, -0.25) is 24.0 Å². The summed E-state index contributed by atoms with van der Waals surface area (Å²) in [5, 5.41) is 2.73. The molecular formula is C23H37NO10S. The van der Waals surface area contributed by atoms with Crippen molar-refractivity contribution in [3.8, 4) is 0 Å². The maximum Gasteiger partial charge on any atom is 0.306 e. The molecule has 0 saturated carbocycles. The lowest BCUT2D eigenvalue weighted by Gasteiger charge is -2.45. The van der Waals surface area contributed by atoms with E-state index < -0.39 is 59.2 Å². The Morgan fingerprint density at radius 1 is 0.886 bits per heavy atom. The molecule has 1 amide bonds. The second-order valence-electron chi connectivity index (χ2n) is 9.13. The van der Waals surface area contributed by atoms with Crippen molar-refractivity contribution in [3.05, 3.63) is 0 Å². The van der Waals surface area contributed by atoms with Gasteiger partial charge in [0, 0.05) is 34.1 Å². The number of rotatable bonds is 11. The number of esters is 4. The van der Waals surface area contributed by atoms with E-state index in [2.05, 4.69) is 5.32 Å². The molecule has 12 heteroatoms. The van der Waals surface area contributed by atoms with E-state index in [1.54, 1.807) is 20.8 Å². The molecule has 0 radical (unpaired) electrons. The fourth-order valence-corrected chi connectivity index (χ4v) is 4.65. The first-order valence-electron chi connectivity index (χ1n) is 11.4. The molecule has 1 fully saturated rings. The zero-order valence-electron chi connectivity index (χ0n) is 21.4. The van der Waals surface area contributed by atoms with Crippen molar-refractivity contribution in [1.82, 2.24) is 5.32 Å². The summed E-state index contributed by atoms with van der Waals surface area (Å²) in [6, 6.07) is -0.842. The van der Waals surface area contributed by atoms with Crippen LogP contribution in [0.1, 0.15) is 67.7 Å². The molecule has 0 aromatic rings. The lowest BCUT2D eigenvalue weighted by Crippen LogP contribution is -2.65. The Hall–Kier alpha value is -2.34. The fourth-order valence-electron chi connectivity index (χ4n) is 3.40. The van der Waals surface area contributed by atoms with Gasteiger partial charge in [0.05, 0.1) is 0 Å². The minimum Gasteiger partial charge on any atom is -0.463 e. The van der Waals surface area contributed by atoms with Crippen LogP contribution in [0.25, 0.3) is 0 Å². The molecule has 0 aromatic heterocycles. The molecule has 5 atom stereocenters. The summed E-state index contributed by atoms with van der Waals surface area (Å²) < 4.78 is 27.3. The van der Waals surface area contributed by atoms with Crippen LogP contribution in [0.4, 0.5) is 0 Å². The van der Waals surface area contributed by atoms with Gasteiger partial charge in [-0.2, -0.15) is 0 Å². The van der Waals surface area contributed by atoms with Crippen molar-refractivity contribution in [3.63, 3.8) is 0 Å². The van der Waals surface area contributed by atoms with Gasteiger partial charge in [0.25, 0.3) is 0 Å². The van der Waals surface area contributed by atoms with Crippen LogP contribution >= 0.6 is 11.8 Å².